The second-order valence-electron chi connectivity index (χ2n) is 3.85. The highest BCUT2D eigenvalue weighted by molar-refractivity contribution is 7.15. The zero-order chi connectivity index (χ0) is 12.1. The lowest BCUT2D eigenvalue weighted by Gasteiger charge is -2.22. The maximum absolute atomic E-state index is 11.6. The van der Waals surface area contributed by atoms with Crippen LogP contribution in [0.15, 0.2) is 0 Å². The van der Waals surface area contributed by atoms with E-state index >= 15 is 0 Å². The van der Waals surface area contributed by atoms with Gasteiger partial charge >= 0.3 is 0 Å². The minimum Gasteiger partial charge on any atom is -0.299 e. The minimum atomic E-state index is -0.0426. The topological polar surface area (TPSA) is 58.1 Å². The van der Waals surface area contributed by atoms with E-state index in [0.717, 1.165) is 11.4 Å². The first kappa shape index (κ1) is 13.1. The Morgan fingerprint density at radius 1 is 1.56 bits per heavy atom. The highest BCUT2D eigenvalue weighted by Gasteiger charge is 2.12. The van der Waals surface area contributed by atoms with E-state index in [1.54, 1.807) is 0 Å². The van der Waals surface area contributed by atoms with E-state index in [0.29, 0.717) is 17.7 Å². The van der Waals surface area contributed by atoms with Crippen LogP contribution in [0.4, 0.5) is 5.13 Å². The molecular formula is C10H18N4OS. The van der Waals surface area contributed by atoms with Gasteiger partial charge in [-0.05, 0) is 27.3 Å². The molecule has 1 aromatic heterocycles. The molecule has 0 aliphatic rings. The molecule has 0 spiro atoms. The summed E-state index contributed by atoms with van der Waals surface area (Å²) in [5, 5.41) is 11.8. The van der Waals surface area contributed by atoms with Crippen molar-refractivity contribution in [2.75, 3.05) is 18.9 Å². The van der Waals surface area contributed by atoms with Crippen molar-refractivity contribution in [2.45, 2.75) is 33.2 Å². The molecular weight excluding hydrogens is 224 g/mol. The lowest BCUT2D eigenvalue weighted by molar-refractivity contribution is -0.117. The van der Waals surface area contributed by atoms with E-state index in [2.05, 4.69) is 29.4 Å². The van der Waals surface area contributed by atoms with Crippen LogP contribution < -0.4 is 5.32 Å². The molecule has 5 nitrogen and oxygen atoms in total. The maximum Gasteiger partial charge on any atom is 0.240 e. The zero-order valence-electron chi connectivity index (χ0n) is 10.1. The SMILES string of the molecule is CC[C@H](C)N(C)CC(=O)Nc1nnc(C)s1. The van der Waals surface area contributed by atoms with Gasteiger partial charge in [-0.2, -0.15) is 0 Å². The minimum absolute atomic E-state index is 0.0426. The van der Waals surface area contributed by atoms with Crippen LogP contribution in [-0.4, -0.2) is 40.6 Å². The molecule has 16 heavy (non-hydrogen) atoms. The largest absolute Gasteiger partial charge is 0.299 e. The molecule has 6 heteroatoms. The molecule has 0 radical (unpaired) electrons. The zero-order valence-corrected chi connectivity index (χ0v) is 11.0. The van der Waals surface area contributed by atoms with Gasteiger partial charge in [-0.1, -0.05) is 18.3 Å². The number of aromatic nitrogens is 2. The highest BCUT2D eigenvalue weighted by atomic mass is 32.1. The third-order valence-electron chi connectivity index (χ3n) is 2.51. The molecule has 1 atom stereocenters. The smallest absolute Gasteiger partial charge is 0.240 e. The van der Waals surface area contributed by atoms with Crippen LogP contribution >= 0.6 is 11.3 Å². The Labute approximate surface area is 99.9 Å². The van der Waals surface area contributed by atoms with Crippen LogP contribution in [0.3, 0.4) is 0 Å². The van der Waals surface area contributed by atoms with Crippen LogP contribution in [-0.2, 0) is 4.79 Å². The summed E-state index contributed by atoms with van der Waals surface area (Å²) in [5.41, 5.74) is 0. The molecule has 0 aromatic carbocycles. The number of anilines is 1. The predicted molar refractivity (Wildman–Crippen MR) is 65.7 cm³/mol. The first-order valence-corrected chi connectivity index (χ1v) is 6.14. The molecule has 0 aliphatic carbocycles. The molecule has 0 unspecified atom stereocenters. The van der Waals surface area contributed by atoms with Gasteiger partial charge in [0, 0.05) is 6.04 Å². The number of rotatable bonds is 5. The van der Waals surface area contributed by atoms with E-state index in [1.807, 2.05) is 18.9 Å². The number of nitrogens with zero attached hydrogens (tertiary/aromatic N) is 3. The number of carbonyl (C=O) groups is 1. The monoisotopic (exact) mass is 242 g/mol. The van der Waals surface area contributed by atoms with Crippen molar-refractivity contribution in [3.63, 3.8) is 0 Å². The van der Waals surface area contributed by atoms with Gasteiger partial charge in [-0.15, -0.1) is 10.2 Å². The fourth-order valence-corrected chi connectivity index (χ4v) is 1.81. The van der Waals surface area contributed by atoms with Crippen LogP contribution in [0.1, 0.15) is 25.3 Å². The second kappa shape index (κ2) is 5.91. The van der Waals surface area contributed by atoms with Crippen molar-refractivity contribution in [1.29, 1.82) is 0 Å². The Morgan fingerprint density at radius 2 is 2.25 bits per heavy atom. The Morgan fingerprint density at radius 3 is 2.75 bits per heavy atom. The maximum atomic E-state index is 11.6. The number of amides is 1. The summed E-state index contributed by atoms with van der Waals surface area (Å²) < 4.78 is 0. The fraction of sp³-hybridized carbons (Fsp3) is 0.700. The predicted octanol–water partition coefficient (Wildman–Crippen LogP) is 1.52. The Kier molecular flexibility index (Phi) is 4.82. The second-order valence-corrected chi connectivity index (χ2v) is 5.03. The Balaban J connectivity index is 2.42. The van der Waals surface area contributed by atoms with Gasteiger partial charge in [-0.3, -0.25) is 15.0 Å². The lowest BCUT2D eigenvalue weighted by atomic mass is 10.2. The Bertz CT molecular complexity index is 352. The number of aryl methyl sites for hydroxylation is 1. The summed E-state index contributed by atoms with van der Waals surface area (Å²) in [4.78, 5) is 13.7. The van der Waals surface area contributed by atoms with Gasteiger partial charge in [0.05, 0.1) is 6.54 Å². The molecule has 90 valence electrons. The van der Waals surface area contributed by atoms with Crippen molar-refractivity contribution < 1.29 is 4.79 Å². The van der Waals surface area contributed by atoms with E-state index in [1.165, 1.54) is 11.3 Å². The number of nitrogens with one attached hydrogen (secondary N) is 1. The average molecular weight is 242 g/mol. The van der Waals surface area contributed by atoms with Crippen molar-refractivity contribution in [3.05, 3.63) is 5.01 Å². The third-order valence-corrected chi connectivity index (χ3v) is 3.26. The molecule has 1 rings (SSSR count). The molecule has 0 bridgehead atoms. The number of hydrogen-bond acceptors (Lipinski definition) is 5. The van der Waals surface area contributed by atoms with Crippen LogP contribution in [0, 0.1) is 6.92 Å². The summed E-state index contributed by atoms with van der Waals surface area (Å²) in [6.07, 6.45) is 1.03. The van der Waals surface area contributed by atoms with Crippen LogP contribution in [0.2, 0.25) is 0 Å². The fourth-order valence-electron chi connectivity index (χ4n) is 1.20. The van der Waals surface area contributed by atoms with Crippen LogP contribution in [0.25, 0.3) is 0 Å². The van der Waals surface area contributed by atoms with E-state index in [-0.39, 0.29) is 5.91 Å². The molecule has 1 aromatic rings. The van der Waals surface area contributed by atoms with Gasteiger partial charge in [0.15, 0.2) is 0 Å². The van der Waals surface area contributed by atoms with Gasteiger partial charge in [-0.25, -0.2) is 0 Å². The first-order valence-electron chi connectivity index (χ1n) is 5.33. The Hall–Kier alpha value is -1.01. The van der Waals surface area contributed by atoms with Gasteiger partial charge in [0.1, 0.15) is 5.01 Å². The molecule has 0 fully saturated rings. The van der Waals surface area contributed by atoms with Gasteiger partial charge < -0.3 is 0 Å². The third kappa shape index (κ3) is 3.86. The molecule has 1 amide bonds. The summed E-state index contributed by atoms with van der Waals surface area (Å²) in [6, 6.07) is 0.405. The number of carbonyl (C=O) groups excluding carboxylic acids is 1. The normalized spacial score (nSPS) is 12.8. The summed E-state index contributed by atoms with van der Waals surface area (Å²) in [6.45, 7) is 6.45. The van der Waals surface area contributed by atoms with Crippen molar-refractivity contribution >= 4 is 22.4 Å². The van der Waals surface area contributed by atoms with E-state index in [9.17, 15) is 4.79 Å². The van der Waals surface area contributed by atoms with Crippen molar-refractivity contribution in [2.24, 2.45) is 0 Å². The molecule has 1 heterocycles. The molecule has 0 saturated carbocycles. The summed E-state index contributed by atoms with van der Waals surface area (Å²) in [5.74, 6) is -0.0426. The number of likely N-dealkylation sites (N-methyl/N-ethyl adjacent to an activating group) is 1. The van der Waals surface area contributed by atoms with E-state index < -0.39 is 0 Å². The standard InChI is InChI=1S/C10H18N4OS/c1-5-7(2)14(4)6-9(15)11-10-13-12-8(3)16-10/h7H,5-6H2,1-4H3,(H,11,13,15)/t7-/m0/s1. The molecule has 0 saturated heterocycles. The molecule has 0 aliphatic heterocycles. The molecule has 1 N–H and O–H groups in total. The summed E-state index contributed by atoms with van der Waals surface area (Å²) in [7, 11) is 1.94. The average Bonchev–Trinajstić information content (AvgIpc) is 2.62. The van der Waals surface area contributed by atoms with Crippen molar-refractivity contribution in [3.8, 4) is 0 Å². The van der Waals surface area contributed by atoms with Gasteiger partial charge in [0.2, 0.25) is 11.0 Å². The van der Waals surface area contributed by atoms with Crippen LogP contribution in [0.5, 0.6) is 0 Å². The number of hydrogen-bond donors (Lipinski definition) is 1. The lowest BCUT2D eigenvalue weighted by Crippen LogP contribution is -2.36. The van der Waals surface area contributed by atoms with Crippen molar-refractivity contribution in [1.82, 2.24) is 15.1 Å². The van der Waals surface area contributed by atoms with E-state index in [4.69, 9.17) is 0 Å². The van der Waals surface area contributed by atoms with Gasteiger partial charge in [0.25, 0.3) is 0 Å². The quantitative estimate of drug-likeness (QED) is 0.850. The summed E-state index contributed by atoms with van der Waals surface area (Å²) >= 11 is 1.38. The highest BCUT2D eigenvalue weighted by Crippen LogP contribution is 2.13. The first-order chi connectivity index (χ1) is 7.52.